The number of carbonyl (C=O) groups excluding carboxylic acids is 2. The smallest absolute Gasteiger partial charge is 0.409 e. The SMILES string of the molecule is CCOC(=O)N1CCN(c2ncnc(Nc3ccc(C(=O)OCC(C)C)cc3)c2[N+](=O)[O-])CC1. The minimum atomic E-state index is -0.535. The summed E-state index contributed by atoms with van der Waals surface area (Å²) in [6.45, 7) is 7.68. The molecule has 1 aromatic heterocycles. The zero-order chi connectivity index (χ0) is 24.7. The van der Waals surface area contributed by atoms with E-state index < -0.39 is 17.0 Å². The summed E-state index contributed by atoms with van der Waals surface area (Å²) in [5.41, 5.74) is 0.622. The first-order valence-corrected chi connectivity index (χ1v) is 11.0. The van der Waals surface area contributed by atoms with Gasteiger partial charge in [-0.1, -0.05) is 13.8 Å². The number of anilines is 3. The highest BCUT2D eigenvalue weighted by atomic mass is 16.6. The van der Waals surface area contributed by atoms with Crippen molar-refractivity contribution < 1.29 is 24.0 Å². The molecule has 3 rings (SSSR count). The number of esters is 1. The number of amides is 1. The van der Waals surface area contributed by atoms with E-state index in [4.69, 9.17) is 9.47 Å². The van der Waals surface area contributed by atoms with E-state index in [1.807, 2.05) is 13.8 Å². The first-order chi connectivity index (χ1) is 16.3. The molecule has 2 aromatic rings. The summed E-state index contributed by atoms with van der Waals surface area (Å²) in [7, 11) is 0. The summed E-state index contributed by atoms with van der Waals surface area (Å²) in [5.74, 6) is -0.0131. The van der Waals surface area contributed by atoms with Gasteiger partial charge in [0.25, 0.3) is 0 Å². The lowest BCUT2D eigenvalue weighted by atomic mass is 10.2. The number of piperazine rings is 1. The van der Waals surface area contributed by atoms with E-state index in [0.29, 0.717) is 44.0 Å². The minimum absolute atomic E-state index is 0.0259. The topological polar surface area (TPSA) is 140 Å². The third-order valence-corrected chi connectivity index (χ3v) is 5.02. The van der Waals surface area contributed by atoms with Crippen LogP contribution in [0.5, 0.6) is 0 Å². The molecule has 1 amide bonds. The Morgan fingerprint density at radius 1 is 1.12 bits per heavy atom. The van der Waals surface area contributed by atoms with Gasteiger partial charge in [0.15, 0.2) is 0 Å². The molecule has 1 aliphatic heterocycles. The first-order valence-electron chi connectivity index (χ1n) is 11.0. The van der Waals surface area contributed by atoms with Gasteiger partial charge in [-0.3, -0.25) is 10.1 Å². The molecule has 1 saturated heterocycles. The summed E-state index contributed by atoms with van der Waals surface area (Å²) < 4.78 is 10.2. The van der Waals surface area contributed by atoms with Crippen molar-refractivity contribution in [2.24, 2.45) is 5.92 Å². The van der Waals surface area contributed by atoms with Crippen molar-refractivity contribution in [3.05, 3.63) is 46.3 Å². The highest BCUT2D eigenvalue weighted by Crippen LogP contribution is 2.34. The van der Waals surface area contributed by atoms with Gasteiger partial charge in [0.1, 0.15) is 6.33 Å². The van der Waals surface area contributed by atoms with E-state index in [2.05, 4.69) is 15.3 Å². The quantitative estimate of drug-likeness (QED) is 0.346. The van der Waals surface area contributed by atoms with Crippen LogP contribution in [0.15, 0.2) is 30.6 Å². The fraction of sp³-hybridized carbons (Fsp3) is 0.455. The second-order valence-corrected chi connectivity index (χ2v) is 8.02. The maximum absolute atomic E-state index is 12.1. The zero-order valence-corrected chi connectivity index (χ0v) is 19.4. The molecule has 12 nitrogen and oxygen atoms in total. The number of nitrogens with one attached hydrogen (secondary N) is 1. The number of rotatable bonds is 8. The van der Waals surface area contributed by atoms with Gasteiger partial charge in [-0.05, 0) is 37.1 Å². The molecule has 0 saturated carbocycles. The Balaban J connectivity index is 1.74. The van der Waals surface area contributed by atoms with Crippen molar-refractivity contribution >= 4 is 35.1 Å². The lowest BCUT2D eigenvalue weighted by molar-refractivity contribution is -0.383. The van der Waals surface area contributed by atoms with Gasteiger partial charge in [0.2, 0.25) is 11.6 Å². The maximum Gasteiger partial charge on any atom is 0.409 e. The molecular formula is C22H28N6O6. The van der Waals surface area contributed by atoms with Crippen LogP contribution in [-0.4, -0.2) is 71.2 Å². The van der Waals surface area contributed by atoms with E-state index in [-0.39, 0.29) is 29.8 Å². The van der Waals surface area contributed by atoms with Crippen molar-refractivity contribution in [1.29, 1.82) is 0 Å². The number of hydrogen-bond acceptors (Lipinski definition) is 10. The number of hydrogen-bond donors (Lipinski definition) is 1. The van der Waals surface area contributed by atoms with Crippen LogP contribution >= 0.6 is 0 Å². The lowest BCUT2D eigenvalue weighted by Crippen LogP contribution is -2.49. The van der Waals surface area contributed by atoms with Crippen molar-refractivity contribution in [2.75, 3.05) is 49.6 Å². The summed E-state index contributed by atoms with van der Waals surface area (Å²) in [4.78, 5) is 46.9. The van der Waals surface area contributed by atoms with Crippen molar-refractivity contribution in [2.45, 2.75) is 20.8 Å². The predicted molar refractivity (Wildman–Crippen MR) is 124 cm³/mol. The Kier molecular flexibility index (Phi) is 8.17. The number of nitro groups is 1. The van der Waals surface area contributed by atoms with Crippen LogP contribution in [0.1, 0.15) is 31.1 Å². The molecule has 0 bridgehead atoms. The van der Waals surface area contributed by atoms with Crippen LogP contribution in [0.2, 0.25) is 0 Å². The third-order valence-electron chi connectivity index (χ3n) is 5.02. The molecule has 1 aromatic carbocycles. The van der Waals surface area contributed by atoms with Gasteiger partial charge in [-0.15, -0.1) is 0 Å². The number of ether oxygens (including phenoxy) is 2. The Bertz CT molecular complexity index is 1020. The Labute approximate surface area is 197 Å². The van der Waals surface area contributed by atoms with E-state index in [1.54, 1.807) is 41.0 Å². The van der Waals surface area contributed by atoms with Crippen molar-refractivity contribution in [1.82, 2.24) is 14.9 Å². The summed E-state index contributed by atoms with van der Waals surface area (Å²) >= 11 is 0. The molecular weight excluding hydrogens is 444 g/mol. The molecule has 1 fully saturated rings. The third kappa shape index (κ3) is 6.09. The van der Waals surface area contributed by atoms with Gasteiger partial charge in [0.05, 0.1) is 23.7 Å². The minimum Gasteiger partial charge on any atom is -0.462 e. The number of benzene rings is 1. The maximum atomic E-state index is 12.1. The molecule has 34 heavy (non-hydrogen) atoms. The van der Waals surface area contributed by atoms with E-state index >= 15 is 0 Å². The van der Waals surface area contributed by atoms with Crippen LogP contribution < -0.4 is 10.2 Å². The molecule has 0 aliphatic carbocycles. The monoisotopic (exact) mass is 472 g/mol. The summed E-state index contributed by atoms with van der Waals surface area (Å²) in [5, 5.41) is 14.9. The van der Waals surface area contributed by atoms with E-state index in [0.717, 1.165) is 0 Å². The molecule has 2 heterocycles. The highest BCUT2D eigenvalue weighted by Gasteiger charge is 2.30. The van der Waals surface area contributed by atoms with Crippen LogP contribution in [-0.2, 0) is 9.47 Å². The van der Waals surface area contributed by atoms with Gasteiger partial charge in [-0.2, -0.15) is 0 Å². The molecule has 0 atom stereocenters. The Morgan fingerprint density at radius 3 is 2.38 bits per heavy atom. The summed E-state index contributed by atoms with van der Waals surface area (Å²) in [6.07, 6.45) is 0.846. The molecule has 182 valence electrons. The standard InChI is InChI=1S/C22H28N6O6/c1-4-33-22(30)27-11-9-26(10-12-27)20-18(28(31)32)19(23-14-24-20)25-17-7-5-16(6-8-17)21(29)34-13-15(2)3/h5-8,14-15H,4,9-13H2,1-3H3,(H,23,24,25). The lowest BCUT2D eigenvalue weighted by Gasteiger charge is -2.34. The van der Waals surface area contributed by atoms with Gasteiger partial charge in [0, 0.05) is 31.9 Å². The van der Waals surface area contributed by atoms with Crippen LogP contribution in [0.3, 0.4) is 0 Å². The summed E-state index contributed by atoms with van der Waals surface area (Å²) in [6, 6.07) is 6.40. The van der Waals surface area contributed by atoms with Gasteiger partial charge in [-0.25, -0.2) is 19.6 Å². The fourth-order valence-electron chi connectivity index (χ4n) is 3.33. The molecule has 1 aliphatic rings. The molecule has 0 spiro atoms. The number of carbonyl (C=O) groups is 2. The van der Waals surface area contributed by atoms with Gasteiger partial charge < -0.3 is 24.6 Å². The fourth-order valence-corrected chi connectivity index (χ4v) is 3.33. The van der Waals surface area contributed by atoms with Crippen LogP contribution in [0.4, 0.5) is 27.8 Å². The van der Waals surface area contributed by atoms with Crippen molar-refractivity contribution in [3.8, 4) is 0 Å². The van der Waals surface area contributed by atoms with Gasteiger partial charge >= 0.3 is 17.7 Å². The predicted octanol–water partition coefficient (Wildman–Crippen LogP) is 3.22. The van der Waals surface area contributed by atoms with E-state index in [9.17, 15) is 19.7 Å². The van der Waals surface area contributed by atoms with Crippen LogP contribution in [0.25, 0.3) is 0 Å². The first kappa shape index (κ1) is 24.7. The Hall–Kier alpha value is -3.96. The Morgan fingerprint density at radius 2 is 1.79 bits per heavy atom. The normalized spacial score (nSPS) is 13.5. The molecule has 0 radical (unpaired) electrons. The number of aromatic nitrogens is 2. The molecule has 12 heteroatoms. The van der Waals surface area contributed by atoms with E-state index in [1.165, 1.54) is 6.33 Å². The zero-order valence-electron chi connectivity index (χ0n) is 19.4. The van der Waals surface area contributed by atoms with Crippen LogP contribution in [0, 0.1) is 16.0 Å². The largest absolute Gasteiger partial charge is 0.462 e. The second kappa shape index (κ2) is 11.3. The number of nitrogens with zero attached hydrogens (tertiary/aromatic N) is 5. The highest BCUT2D eigenvalue weighted by molar-refractivity contribution is 5.90. The molecule has 1 N–H and O–H groups in total. The average molecular weight is 473 g/mol. The molecule has 0 unspecified atom stereocenters. The average Bonchev–Trinajstić information content (AvgIpc) is 2.83. The van der Waals surface area contributed by atoms with Crippen molar-refractivity contribution in [3.63, 3.8) is 0 Å². The second-order valence-electron chi connectivity index (χ2n) is 8.02.